The van der Waals surface area contributed by atoms with Gasteiger partial charge < -0.3 is 28.4 Å². The number of allylic oxidation sites excluding steroid dienone is 2. The highest BCUT2D eigenvalue weighted by atomic mass is 19.2. The molecular weight excluding hydrogens is 833 g/mol. The number of ether oxygens (including phenoxy) is 6. The van der Waals surface area contributed by atoms with Crippen molar-refractivity contribution < 1.29 is 46.0 Å². The first kappa shape index (κ1) is 51.2. The van der Waals surface area contributed by atoms with E-state index in [1.165, 1.54) is 101 Å². The standard InChI is InChI=1S/C55H80F4O6/c1-4-39-11-19-44(20-12-39)46-23-15-42(16-24-46)37-64-50-29-27-48(52(56)54(50)58)62-33-9-7-31-60-35-41(6-3)36-61-32-8-10-34-63-49-28-30-51(55(59)53(49)57)65-38-43-17-25-47(26-18-43)45-21-13-40(5-2)14-22-45/h4-5,27-30,39-47H,1-2,6-26,31-38H2,3H3. The monoisotopic (exact) mass is 913 g/mol. The Balaban J connectivity index is 0.751. The molecule has 2 aromatic carbocycles. The lowest BCUT2D eigenvalue weighted by Crippen LogP contribution is -2.27. The van der Waals surface area contributed by atoms with E-state index >= 15 is 0 Å². The second-order valence-electron chi connectivity index (χ2n) is 19.9. The van der Waals surface area contributed by atoms with Crippen molar-refractivity contribution in [3.8, 4) is 23.0 Å². The Kier molecular flexibility index (Phi) is 21.7. The van der Waals surface area contributed by atoms with Crippen molar-refractivity contribution in [3.05, 3.63) is 72.8 Å². The molecule has 0 unspecified atom stereocenters. The fraction of sp³-hybridized carbons (Fsp3) is 0.709. The van der Waals surface area contributed by atoms with Crippen LogP contribution in [0.3, 0.4) is 0 Å². The van der Waals surface area contributed by atoms with E-state index in [0.717, 1.165) is 68.6 Å². The van der Waals surface area contributed by atoms with Gasteiger partial charge in [0.15, 0.2) is 23.0 Å². The molecule has 4 aliphatic rings. The van der Waals surface area contributed by atoms with E-state index in [9.17, 15) is 17.6 Å². The van der Waals surface area contributed by atoms with Crippen LogP contribution in [0.5, 0.6) is 23.0 Å². The molecule has 0 radical (unpaired) electrons. The zero-order valence-electron chi connectivity index (χ0n) is 39.5. The minimum atomic E-state index is -1.01. The van der Waals surface area contributed by atoms with Crippen LogP contribution in [0.15, 0.2) is 49.6 Å². The van der Waals surface area contributed by atoms with Crippen molar-refractivity contribution in [2.75, 3.05) is 52.9 Å². The highest BCUT2D eigenvalue weighted by Gasteiger charge is 2.32. The lowest BCUT2D eigenvalue weighted by atomic mass is 9.69. The number of unbranched alkanes of at least 4 members (excludes halogenated alkanes) is 2. The molecule has 65 heavy (non-hydrogen) atoms. The average molecular weight is 913 g/mol. The van der Waals surface area contributed by atoms with Gasteiger partial charge in [0.1, 0.15) is 0 Å². The second-order valence-corrected chi connectivity index (χ2v) is 19.9. The Labute approximate surface area is 388 Å². The molecule has 0 atom stereocenters. The van der Waals surface area contributed by atoms with Crippen molar-refractivity contribution in [2.24, 2.45) is 53.3 Å². The Morgan fingerprint density at radius 3 is 1.09 bits per heavy atom. The number of halogens is 4. The first-order valence-corrected chi connectivity index (χ1v) is 25.6. The zero-order chi connectivity index (χ0) is 45.8. The summed E-state index contributed by atoms with van der Waals surface area (Å²) in [5.74, 6) is 1.23. The number of benzene rings is 2. The van der Waals surface area contributed by atoms with E-state index in [-0.39, 0.29) is 42.1 Å². The van der Waals surface area contributed by atoms with Gasteiger partial charge >= 0.3 is 0 Å². The predicted octanol–water partition coefficient (Wildman–Crippen LogP) is 14.7. The van der Waals surface area contributed by atoms with Crippen molar-refractivity contribution in [1.29, 1.82) is 0 Å². The van der Waals surface area contributed by atoms with Crippen LogP contribution in [0.1, 0.15) is 142 Å². The van der Waals surface area contributed by atoms with Crippen LogP contribution in [-0.4, -0.2) is 52.9 Å². The van der Waals surface area contributed by atoms with Crippen LogP contribution in [-0.2, 0) is 9.47 Å². The molecular formula is C55H80F4O6. The third kappa shape index (κ3) is 15.9. The average Bonchev–Trinajstić information content (AvgIpc) is 3.35. The summed E-state index contributed by atoms with van der Waals surface area (Å²) < 4.78 is 94.0. The summed E-state index contributed by atoms with van der Waals surface area (Å²) in [6, 6.07) is 5.86. The summed E-state index contributed by atoms with van der Waals surface area (Å²) in [5.41, 5.74) is 0. The molecule has 0 saturated heterocycles. The topological polar surface area (TPSA) is 55.4 Å². The molecule has 4 fully saturated rings. The molecule has 2 aromatic rings. The highest BCUT2D eigenvalue weighted by Crippen LogP contribution is 2.43. The van der Waals surface area contributed by atoms with E-state index in [0.29, 0.717) is 76.2 Å². The summed E-state index contributed by atoms with van der Waals surface area (Å²) >= 11 is 0. The third-order valence-electron chi connectivity index (χ3n) is 15.6. The van der Waals surface area contributed by atoms with Gasteiger partial charge in [-0.25, -0.2) is 0 Å². The Bertz CT molecular complexity index is 1570. The molecule has 0 aromatic heterocycles. The first-order valence-electron chi connectivity index (χ1n) is 25.6. The number of hydrogen-bond donors (Lipinski definition) is 0. The largest absolute Gasteiger partial charge is 0.490 e. The molecule has 6 rings (SSSR count). The molecule has 4 saturated carbocycles. The van der Waals surface area contributed by atoms with Gasteiger partial charge in [-0.05, 0) is 206 Å². The SMILES string of the molecule is C=CC1CCC(C2CCC(COc3ccc(OCCCCOCC(CC)COCCCCOc4ccc(OCC5CCC(C6CCC(C=C)CC6)CC5)c(F)c4F)c(F)c3F)CC2)CC1. The van der Waals surface area contributed by atoms with Crippen LogP contribution in [0, 0.1) is 76.5 Å². The summed E-state index contributed by atoms with van der Waals surface area (Å²) in [6.45, 7) is 13.5. The molecule has 6 nitrogen and oxygen atoms in total. The summed E-state index contributed by atoms with van der Waals surface area (Å²) in [7, 11) is 0. The van der Waals surface area contributed by atoms with Gasteiger partial charge in [-0.1, -0.05) is 19.1 Å². The maximum atomic E-state index is 14.9. The molecule has 10 heteroatoms. The number of rotatable bonds is 27. The molecule has 0 bridgehead atoms. The predicted molar refractivity (Wildman–Crippen MR) is 251 cm³/mol. The van der Waals surface area contributed by atoms with E-state index in [1.54, 1.807) is 0 Å². The van der Waals surface area contributed by atoms with Crippen molar-refractivity contribution in [2.45, 2.75) is 142 Å². The van der Waals surface area contributed by atoms with Crippen molar-refractivity contribution in [1.82, 2.24) is 0 Å². The first-order chi connectivity index (χ1) is 31.8. The number of hydrogen-bond acceptors (Lipinski definition) is 6. The zero-order valence-corrected chi connectivity index (χ0v) is 39.5. The highest BCUT2D eigenvalue weighted by molar-refractivity contribution is 5.36. The summed E-state index contributed by atoms with van der Waals surface area (Å²) in [4.78, 5) is 0. The molecule has 0 amide bonds. The Morgan fingerprint density at radius 2 is 0.769 bits per heavy atom. The summed E-state index contributed by atoms with van der Waals surface area (Å²) in [5, 5.41) is 0. The van der Waals surface area contributed by atoms with Crippen LogP contribution in [0.2, 0.25) is 0 Å². The normalized spacial score (nSPS) is 26.5. The van der Waals surface area contributed by atoms with E-state index in [4.69, 9.17) is 28.4 Å². The Morgan fingerprint density at radius 1 is 0.462 bits per heavy atom. The van der Waals surface area contributed by atoms with Gasteiger partial charge in [-0.15, -0.1) is 13.2 Å². The van der Waals surface area contributed by atoms with Crippen LogP contribution < -0.4 is 18.9 Å². The lowest BCUT2D eigenvalue weighted by Gasteiger charge is -2.37. The molecule has 364 valence electrons. The van der Waals surface area contributed by atoms with Gasteiger partial charge in [0.25, 0.3) is 0 Å². The maximum Gasteiger partial charge on any atom is 0.204 e. The van der Waals surface area contributed by atoms with E-state index < -0.39 is 23.3 Å². The minimum absolute atomic E-state index is 0.0523. The molecule has 0 spiro atoms. The van der Waals surface area contributed by atoms with Gasteiger partial charge in [0.05, 0.1) is 39.6 Å². The van der Waals surface area contributed by atoms with Crippen molar-refractivity contribution in [3.63, 3.8) is 0 Å². The van der Waals surface area contributed by atoms with Gasteiger partial charge in [0.2, 0.25) is 23.3 Å². The van der Waals surface area contributed by atoms with Gasteiger partial charge in [-0.3, -0.25) is 0 Å². The fourth-order valence-corrected chi connectivity index (χ4v) is 11.0. The smallest absolute Gasteiger partial charge is 0.204 e. The van der Waals surface area contributed by atoms with Crippen molar-refractivity contribution >= 4 is 0 Å². The van der Waals surface area contributed by atoms with Crippen LogP contribution in [0.4, 0.5) is 17.6 Å². The summed E-state index contributed by atoms with van der Waals surface area (Å²) in [6.07, 6.45) is 27.2. The van der Waals surface area contributed by atoms with Gasteiger partial charge in [0, 0.05) is 19.1 Å². The third-order valence-corrected chi connectivity index (χ3v) is 15.6. The second kappa shape index (κ2) is 27.5. The molecule has 4 aliphatic carbocycles. The minimum Gasteiger partial charge on any atom is -0.490 e. The van der Waals surface area contributed by atoms with E-state index in [1.807, 2.05) is 0 Å². The lowest BCUT2D eigenvalue weighted by molar-refractivity contribution is 0.0342. The van der Waals surface area contributed by atoms with Gasteiger partial charge in [-0.2, -0.15) is 17.6 Å². The Hall–Kier alpha value is -3.24. The molecule has 0 aliphatic heterocycles. The fourth-order valence-electron chi connectivity index (χ4n) is 11.0. The molecule has 0 N–H and O–H groups in total. The maximum absolute atomic E-state index is 14.9. The van der Waals surface area contributed by atoms with E-state index in [2.05, 4.69) is 32.2 Å². The molecule has 0 heterocycles. The van der Waals surface area contributed by atoms with Crippen LogP contribution >= 0.6 is 0 Å². The van der Waals surface area contributed by atoms with Crippen LogP contribution in [0.25, 0.3) is 0 Å². The quantitative estimate of drug-likeness (QED) is 0.0506.